The Balaban J connectivity index is 1.29. The van der Waals surface area contributed by atoms with E-state index in [4.69, 9.17) is 4.74 Å². The summed E-state index contributed by atoms with van der Waals surface area (Å²) in [6.07, 6.45) is 3.28. The molecular formula is C29H30FNO4S. The Labute approximate surface area is 211 Å². The van der Waals surface area contributed by atoms with Crippen molar-refractivity contribution >= 4 is 15.6 Å². The predicted octanol–water partition coefficient (Wildman–Crippen LogP) is 5.41. The highest BCUT2D eigenvalue weighted by Gasteiger charge is 2.35. The smallest absolute Gasteiger partial charge is 0.175 e. The maximum atomic E-state index is 14.5. The van der Waals surface area contributed by atoms with Crippen LogP contribution in [0.3, 0.4) is 0 Å². The molecule has 0 spiro atoms. The van der Waals surface area contributed by atoms with E-state index in [0.29, 0.717) is 23.2 Å². The first kappa shape index (κ1) is 24.7. The zero-order valence-corrected chi connectivity index (χ0v) is 21.3. The number of likely N-dealkylation sites (tertiary alicyclic amines) is 1. The highest BCUT2D eigenvalue weighted by molar-refractivity contribution is 7.90. The van der Waals surface area contributed by atoms with Gasteiger partial charge < -0.3 is 4.74 Å². The highest BCUT2D eigenvalue weighted by atomic mass is 32.2. The number of hydrogen-bond donors (Lipinski definition) is 0. The van der Waals surface area contributed by atoms with Gasteiger partial charge in [-0.3, -0.25) is 9.69 Å². The van der Waals surface area contributed by atoms with Gasteiger partial charge in [-0.15, -0.1) is 0 Å². The lowest BCUT2D eigenvalue weighted by molar-refractivity contribution is 0.0375. The molecule has 36 heavy (non-hydrogen) atoms. The van der Waals surface area contributed by atoms with E-state index in [1.165, 1.54) is 19.2 Å². The van der Waals surface area contributed by atoms with Crippen molar-refractivity contribution in [2.24, 2.45) is 5.92 Å². The van der Waals surface area contributed by atoms with Crippen molar-refractivity contribution in [3.63, 3.8) is 0 Å². The van der Waals surface area contributed by atoms with E-state index < -0.39 is 15.7 Å². The minimum absolute atomic E-state index is 0.00498. The molecule has 1 saturated carbocycles. The molecule has 0 aromatic heterocycles. The van der Waals surface area contributed by atoms with Crippen molar-refractivity contribution in [3.8, 4) is 5.75 Å². The van der Waals surface area contributed by atoms with Gasteiger partial charge in [-0.2, -0.15) is 0 Å². The number of ketones is 1. The molecule has 188 valence electrons. The molecule has 1 atom stereocenters. The third-order valence-electron chi connectivity index (χ3n) is 7.06. The van der Waals surface area contributed by atoms with Crippen molar-refractivity contribution in [1.29, 1.82) is 0 Å². The Hall–Kier alpha value is -3.03. The van der Waals surface area contributed by atoms with Gasteiger partial charge in [-0.1, -0.05) is 42.5 Å². The van der Waals surface area contributed by atoms with Gasteiger partial charge in [0.15, 0.2) is 15.6 Å². The van der Waals surface area contributed by atoms with Crippen LogP contribution in [0.2, 0.25) is 0 Å². The fourth-order valence-corrected chi connectivity index (χ4v) is 5.59. The van der Waals surface area contributed by atoms with Gasteiger partial charge in [0.05, 0.1) is 23.1 Å². The van der Waals surface area contributed by atoms with E-state index in [0.717, 1.165) is 42.6 Å². The van der Waals surface area contributed by atoms with Crippen LogP contribution >= 0.6 is 0 Å². The summed E-state index contributed by atoms with van der Waals surface area (Å²) in [5.74, 6) is 0.378. The van der Waals surface area contributed by atoms with Crippen LogP contribution < -0.4 is 4.74 Å². The zero-order chi connectivity index (χ0) is 25.4. The molecule has 0 amide bonds. The number of benzene rings is 3. The van der Waals surface area contributed by atoms with Gasteiger partial charge in [-0.25, -0.2) is 12.8 Å². The second kappa shape index (κ2) is 9.79. The Kier molecular flexibility index (Phi) is 6.70. The Bertz CT molecular complexity index is 1360. The summed E-state index contributed by atoms with van der Waals surface area (Å²) in [6.45, 7) is 3.47. The number of carbonyl (C=O) groups is 1. The summed E-state index contributed by atoms with van der Waals surface area (Å²) in [6, 6.07) is 20.3. The van der Waals surface area contributed by atoms with Crippen molar-refractivity contribution in [2.45, 2.75) is 36.6 Å². The number of halogens is 1. The van der Waals surface area contributed by atoms with Gasteiger partial charge in [0.2, 0.25) is 0 Å². The van der Waals surface area contributed by atoms with Crippen LogP contribution in [-0.4, -0.2) is 45.1 Å². The molecule has 0 radical (unpaired) electrons. The minimum Gasteiger partial charge on any atom is -0.493 e. The topological polar surface area (TPSA) is 63.7 Å². The minimum atomic E-state index is -3.26. The van der Waals surface area contributed by atoms with Crippen LogP contribution in [0, 0.1) is 11.7 Å². The molecule has 3 aromatic rings. The third kappa shape index (κ3) is 5.22. The maximum absolute atomic E-state index is 14.5. The van der Waals surface area contributed by atoms with Crippen molar-refractivity contribution in [3.05, 3.63) is 94.8 Å². The van der Waals surface area contributed by atoms with Gasteiger partial charge in [0.1, 0.15) is 11.6 Å². The Morgan fingerprint density at radius 3 is 2.25 bits per heavy atom. The molecule has 0 unspecified atom stereocenters. The lowest BCUT2D eigenvalue weighted by atomic mass is 9.90. The molecular weight excluding hydrogens is 477 g/mol. The number of sulfone groups is 1. The highest BCUT2D eigenvalue weighted by Crippen LogP contribution is 2.45. The molecule has 1 heterocycles. The average molecular weight is 508 g/mol. The first-order valence-electron chi connectivity index (χ1n) is 12.3. The average Bonchev–Trinajstić information content (AvgIpc) is 3.66. The molecule has 2 fully saturated rings. The van der Waals surface area contributed by atoms with Gasteiger partial charge in [0, 0.05) is 31.3 Å². The van der Waals surface area contributed by atoms with E-state index in [-0.39, 0.29) is 23.3 Å². The van der Waals surface area contributed by atoms with Crippen LogP contribution in [0.25, 0.3) is 0 Å². The summed E-state index contributed by atoms with van der Waals surface area (Å²) >= 11 is 0. The van der Waals surface area contributed by atoms with E-state index in [2.05, 4.69) is 17.0 Å². The number of rotatable bonds is 9. The number of nitrogens with zero attached hydrogens (tertiary/aromatic N) is 1. The van der Waals surface area contributed by atoms with Crippen LogP contribution in [0.4, 0.5) is 4.39 Å². The first-order valence-corrected chi connectivity index (χ1v) is 14.2. The Morgan fingerprint density at radius 1 is 1.03 bits per heavy atom. The van der Waals surface area contributed by atoms with Crippen LogP contribution in [0.5, 0.6) is 5.75 Å². The van der Waals surface area contributed by atoms with Crippen molar-refractivity contribution in [2.75, 3.05) is 26.0 Å². The largest absolute Gasteiger partial charge is 0.493 e. The second-order valence-electron chi connectivity index (χ2n) is 9.99. The quantitative estimate of drug-likeness (QED) is 0.363. The maximum Gasteiger partial charge on any atom is 0.175 e. The Morgan fingerprint density at radius 2 is 1.67 bits per heavy atom. The van der Waals surface area contributed by atoms with Gasteiger partial charge in [0.25, 0.3) is 0 Å². The molecule has 0 N–H and O–H groups in total. The first-order chi connectivity index (χ1) is 17.2. The summed E-state index contributed by atoms with van der Waals surface area (Å²) in [5.41, 5.74) is 3.24. The summed E-state index contributed by atoms with van der Waals surface area (Å²) in [5, 5.41) is 0. The van der Waals surface area contributed by atoms with Crippen LogP contribution in [0.1, 0.15) is 58.8 Å². The summed E-state index contributed by atoms with van der Waals surface area (Å²) < 4.78 is 44.4. The van der Waals surface area contributed by atoms with E-state index in [1.54, 1.807) is 18.2 Å². The predicted molar refractivity (Wildman–Crippen MR) is 137 cm³/mol. The molecule has 0 bridgehead atoms. The molecule has 5 rings (SSSR count). The third-order valence-corrected chi connectivity index (χ3v) is 8.19. The van der Waals surface area contributed by atoms with Crippen molar-refractivity contribution < 1.29 is 22.3 Å². The second-order valence-corrected chi connectivity index (χ2v) is 12.0. The lowest BCUT2D eigenvalue weighted by Crippen LogP contribution is -2.51. The van der Waals surface area contributed by atoms with E-state index in [1.807, 2.05) is 30.3 Å². The van der Waals surface area contributed by atoms with Crippen molar-refractivity contribution in [1.82, 2.24) is 4.90 Å². The molecule has 1 aliphatic carbocycles. The van der Waals surface area contributed by atoms with Gasteiger partial charge >= 0.3 is 0 Å². The van der Waals surface area contributed by atoms with Crippen LogP contribution in [0.15, 0.2) is 71.6 Å². The van der Waals surface area contributed by atoms with E-state index >= 15 is 0 Å². The molecule has 7 heteroatoms. The molecule has 3 aromatic carbocycles. The lowest BCUT2D eigenvalue weighted by Gasteiger charge is -2.44. The molecule has 5 nitrogen and oxygen atoms in total. The normalized spacial score (nSPS) is 17.4. The number of ether oxygens (including phenoxy) is 1. The van der Waals surface area contributed by atoms with Gasteiger partial charge in [-0.05, 0) is 60.6 Å². The standard InChI is InChI=1S/C29H30FNO4S/c1-19(32)25-14-26(21-8-9-21)28(15-27(25)30)35-18-20-16-31(17-20)29(22-6-4-3-5-7-22)23-10-12-24(13-11-23)36(2,33)34/h3-7,10-15,20-21,29H,8-9,16-18H2,1-2H3/t29-/m0/s1. The van der Waals surface area contributed by atoms with E-state index in [9.17, 15) is 17.6 Å². The fourth-order valence-electron chi connectivity index (χ4n) is 4.96. The zero-order valence-electron chi connectivity index (χ0n) is 20.5. The monoisotopic (exact) mass is 507 g/mol. The SMILES string of the molecule is CC(=O)c1cc(C2CC2)c(OCC2CN([C@@H](c3ccccc3)c3ccc(S(C)(=O)=O)cc3)C2)cc1F. The fraction of sp³-hybridized carbons (Fsp3) is 0.345. The summed E-state index contributed by atoms with van der Waals surface area (Å²) in [4.78, 5) is 14.4. The molecule has 1 saturated heterocycles. The molecule has 1 aliphatic heterocycles. The number of Topliss-reactive ketones (excluding diaryl/α,β-unsaturated/α-hetero) is 1. The van der Waals surface area contributed by atoms with Crippen LogP contribution in [-0.2, 0) is 9.84 Å². The summed E-state index contributed by atoms with van der Waals surface area (Å²) in [7, 11) is -3.26. The number of carbonyl (C=O) groups excluding carboxylic acids is 1. The molecule has 2 aliphatic rings. The number of hydrogen-bond acceptors (Lipinski definition) is 5.